The molecule has 94 valence electrons. The van der Waals surface area contributed by atoms with Gasteiger partial charge in [-0.3, -0.25) is 0 Å². The predicted octanol–water partition coefficient (Wildman–Crippen LogP) is 4.10. The molecule has 0 fully saturated rings. The maximum atomic E-state index is 5.34. The van der Waals surface area contributed by atoms with Gasteiger partial charge < -0.3 is 4.74 Å². The first-order valence-corrected chi connectivity index (χ1v) is 6.51. The highest BCUT2D eigenvalue weighted by Gasteiger charge is 2.00. The third-order valence-corrected chi connectivity index (χ3v) is 2.85. The van der Waals surface area contributed by atoms with Gasteiger partial charge in [0, 0.05) is 17.8 Å². The van der Waals surface area contributed by atoms with Crippen LogP contribution in [-0.2, 0) is 6.42 Å². The van der Waals surface area contributed by atoms with Crippen molar-refractivity contribution in [2.45, 2.75) is 26.7 Å². The average Bonchev–Trinajstić information content (AvgIpc) is 2.41. The molecule has 0 saturated heterocycles. The molecule has 0 amide bonds. The summed E-state index contributed by atoms with van der Waals surface area (Å²) in [6.45, 7) is 4.81. The van der Waals surface area contributed by atoms with Crippen LogP contribution in [0, 0.1) is 0 Å². The number of aryl methyl sites for hydroxylation is 1. The van der Waals surface area contributed by atoms with E-state index in [0.717, 1.165) is 12.0 Å². The second kappa shape index (κ2) is 6.20. The molecule has 2 rings (SSSR count). The molecule has 2 nitrogen and oxygen atoms in total. The summed E-state index contributed by atoms with van der Waals surface area (Å²) in [5, 5.41) is 0. The Morgan fingerprint density at radius 2 is 1.67 bits per heavy atom. The van der Waals surface area contributed by atoms with Gasteiger partial charge in [-0.15, -0.1) is 0 Å². The molecular weight excluding hydrogens is 222 g/mol. The van der Waals surface area contributed by atoms with Gasteiger partial charge in [0.15, 0.2) is 0 Å². The van der Waals surface area contributed by atoms with Crippen LogP contribution in [0.4, 0.5) is 0 Å². The summed E-state index contributed by atoms with van der Waals surface area (Å²) >= 11 is 0. The number of hydrogen-bond donors (Lipinski definition) is 0. The van der Waals surface area contributed by atoms with E-state index < -0.39 is 0 Å². The molecule has 0 aliphatic rings. The van der Waals surface area contributed by atoms with Crippen LogP contribution in [0.5, 0.6) is 5.88 Å². The fourth-order valence-electron chi connectivity index (χ4n) is 1.94. The molecule has 0 radical (unpaired) electrons. The fraction of sp³-hybridized carbons (Fsp3) is 0.312. The predicted molar refractivity (Wildman–Crippen MR) is 74.8 cm³/mol. The van der Waals surface area contributed by atoms with Crippen molar-refractivity contribution in [3.63, 3.8) is 0 Å². The molecule has 0 saturated carbocycles. The third kappa shape index (κ3) is 3.10. The van der Waals surface area contributed by atoms with E-state index in [1.807, 2.05) is 25.3 Å². The Kier molecular flexibility index (Phi) is 4.35. The van der Waals surface area contributed by atoms with Crippen molar-refractivity contribution in [3.05, 3.63) is 48.2 Å². The number of hydrogen-bond acceptors (Lipinski definition) is 2. The van der Waals surface area contributed by atoms with Crippen molar-refractivity contribution in [1.82, 2.24) is 4.98 Å². The Hall–Kier alpha value is -1.83. The number of rotatable bonds is 5. The number of ether oxygens (including phenoxy) is 1. The monoisotopic (exact) mass is 241 g/mol. The zero-order valence-electron chi connectivity index (χ0n) is 11.0. The van der Waals surface area contributed by atoms with E-state index in [4.69, 9.17) is 4.74 Å². The Morgan fingerprint density at radius 3 is 2.22 bits per heavy atom. The van der Waals surface area contributed by atoms with Gasteiger partial charge in [-0.2, -0.15) is 0 Å². The molecule has 1 aromatic heterocycles. The van der Waals surface area contributed by atoms with Gasteiger partial charge in [-0.25, -0.2) is 4.98 Å². The van der Waals surface area contributed by atoms with E-state index in [1.165, 1.54) is 17.5 Å². The van der Waals surface area contributed by atoms with Crippen LogP contribution >= 0.6 is 0 Å². The third-order valence-electron chi connectivity index (χ3n) is 2.85. The lowest BCUT2D eigenvalue weighted by Gasteiger charge is -2.05. The largest absolute Gasteiger partial charge is 0.478 e. The molecule has 0 N–H and O–H groups in total. The fourth-order valence-corrected chi connectivity index (χ4v) is 1.94. The number of benzene rings is 1. The van der Waals surface area contributed by atoms with E-state index in [-0.39, 0.29) is 0 Å². The summed E-state index contributed by atoms with van der Waals surface area (Å²) in [6, 6.07) is 12.7. The second-order valence-electron chi connectivity index (χ2n) is 4.27. The summed E-state index contributed by atoms with van der Waals surface area (Å²) < 4.78 is 5.34. The van der Waals surface area contributed by atoms with E-state index >= 15 is 0 Å². The molecule has 0 atom stereocenters. The minimum Gasteiger partial charge on any atom is -0.478 e. The molecular formula is C16H19NO. The normalized spacial score (nSPS) is 10.3. The van der Waals surface area contributed by atoms with E-state index in [0.29, 0.717) is 12.5 Å². The standard InChI is InChI=1S/C16H19NO/c1-3-5-13-6-8-14(9-7-13)15-10-11-16(17-12-15)18-4-2/h6-12H,3-5H2,1-2H3. The lowest BCUT2D eigenvalue weighted by molar-refractivity contribution is 0.327. The molecule has 0 aliphatic carbocycles. The highest BCUT2D eigenvalue weighted by molar-refractivity contribution is 5.62. The average molecular weight is 241 g/mol. The van der Waals surface area contributed by atoms with Gasteiger partial charge in [-0.1, -0.05) is 37.6 Å². The van der Waals surface area contributed by atoms with Gasteiger partial charge in [0.05, 0.1) is 6.61 Å². The highest BCUT2D eigenvalue weighted by atomic mass is 16.5. The van der Waals surface area contributed by atoms with Gasteiger partial charge in [0.25, 0.3) is 0 Å². The molecule has 0 aliphatic heterocycles. The van der Waals surface area contributed by atoms with Crippen molar-refractivity contribution in [2.24, 2.45) is 0 Å². The van der Waals surface area contributed by atoms with Crippen LogP contribution in [0.25, 0.3) is 11.1 Å². The van der Waals surface area contributed by atoms with Crippen LogP contribution in [-0.4, -0.2) is 11.6 Å². The minimum atomic E-state index is 0.651. The SMILES string of the molecule is CCCc1ccc(-c2ccc(OCC)nc2)cc1. The Bertz CT molecular complexity index is 426. The Balaban J connectivity index is 2.15. The zero-order valence-corrected chi connectivity index (χ0v) is 11.0. The molecule has 2 aromatic rings. The Morgan fingerprint density at radius 1 is 0.944 bits per heavy atom. The summed E-state index contributed by atoms with van der Waals surface area (Å²) in [7, 11) is 0. The first kappa shape index (κ1) is 12.6. The van der Waals surface area contributed by atoms with Crippen LogP contribution in [0.1, 0.15) is 25.8 Å². The summed E-state index contributed by atoms with van der Waals surface area (Å²) in [6.07, 6.45) is 4.19. The molecule has 1 aromatic carbocycles. The minimum absolute atomic E-state index is 0.651. The highest BCUT2D eigenvalue weighted by Crippen LogP contribution is 2.21. The molecule has 0 spiro atoms. The molecule has 1 heterocycles. The number of nitrogens with zero attached hydrogens (tertiary/aromatic N) is 1. The summed E-state index contributed by atoms with van der Waals surface area (Å²) in [5.41, 5.74) is 3.71. The zero-order chi connectivity index (χ0) is 12.8. The lowest BCUT2D eigenvalue weighted by atomic mass is 10.0. The van der Waals surface area contributed by atoms with Crippen molar-refractivity contribution >= 4 is 0 Å². The summed E-state index contributed by atoms with van der Waals surface area (Å²) in [5.74, 6) is 0.684. The van der Waals surface area contributed by atoms with Gasteiger partial charge >= 0.3 is 0 Å². The molecule has 2 heteroatoms. The van der Waals surface area contributed by atoms with E-state index in [2.05, 4.69) is 36.2 Å². The van der Waals surface area contributed by atoms with Crippen molar-refractivity contribution < 1.29 is 4.74 Å². The molecule has 18 heavy (non-hydrogen) atoms. The van der Waals surface area contributed by atoms with Crippen LogP contribution in [0.3, 0.4) is 0 Å². The van der Waals surface area contributed by atoms with E-state index in [1.54, 1.807) is 0 Å². The second-order valence-corrected chi connectivity index (χ2v) is 4.27. The Labute approximate surface area is 109 Å². The maximum Gasteiger partial charge on any atom is 0.213 e. The van der Waals surface area contributed by atoms with Gasteiger partial charge in [0.1, 0.15) is 0 Å². The number of aromatic nitrogens is 1. The van der Waals surface area contributed by atoms with Crippen LogP contribution in [0.15, 0.2) is 42.6 Å². The van der Waals surface area contributed by atoms with Gasteiger partial charge in [-0.05, 0) is 30.5 Å². The van der Waals surface area contributed by atoms with E-state index in [9.17, 15) is 0 Å². The quantitative estimate of drug-likeness (QED) is 0.786. The lowest BCUT2D eigenvalue weighted by Crippen LogP contribution is -1.93. The topological polar surface area (TPSA) is 22.1 Å². The van der Waals surface area contributed by atoms with Crippen LogP contribution in [0.2, 0.25) is 0 Å². The van der Waals surface area contributed by atoms with Crippen molar-refractivity contribution in [2.75, 3.05) is 6.61 Å². The first-order valence-electron chi connectivity index (χ1n) is 6.51. The first-order chi connectivity index (χ1) is 8.83. The maximum absolute atomic E-state index is 5.34. The van der Waals surface area contributed by atoms with Gasteiger partial charge in [0.2, 0.25) is 5.88 Å². The number of pyridine rings is 1. The molecule has 0 unspecified atom stereocenters. The molecule has 0 bridgehead atoms. The van der Waals surface area contributed by atoms with Crippen molar-refractivity contribution in [1.29, 1.82) is 0 Å². The van der Waals surface area contributed by atoms with Crippen molar-refractivity contribution in [3.8, 4) is 17.0 Å². The summed E-state index contributed by atoms with van der Waals surface area (Å²) in [4.78, 5) is 4.28. The smallest absolute Gasteiger partial charge is 0.213 e. The van der Waals surface area contributed by atoms with Crippen LogP contribution < -0.4 is 4.74 Å².